The molecule has 5 heteroatoms. The van der Waals surface area contributed by atoms with E-state index in [0.29, 0.717) is 6.54 Å². The van der Waals surface area contributed by atoms with Crippen LogP contribution in [-0.4, -0.2) is 27.9 Å². The van der Waals surface area contributed by atoms with Gasteiger partial charge in [0, 0.05) is 25.3 Å². The predicted octanol–water partition coefficient (Wildman–Crippen LogP) is 2.48. The number of rotatable bonds is 5. The van der Waals surface area contributed by atoms with Crippen molar-refractivity contribution >= 4 is 6.03 Å². The van der Waals surface area contributed by atoms with E-state index < -0.39 is 0 Å². The molecule has 1 aromatic heterocycles. The molecule has 5 nitrogen and oxygen atoms in total. The van der Waals surface area contributed by atoms with Crippen molar-refractivity contribution in [2.24, 2.45) is 12.5 Å². The van der Waals surface area contributed by atoms with E-state index in [0.717, 1.165) is 18.4 Å². The maximum absolute atomic E-state index is 11.9. The average molecular weight is 280 g/mol. The zero-order valence-electron chi connectivity index (χ0n) is 13.6. The molecular weight excluding hydrogens is 252 g/mol. The molecule has 0 aliphatic carbocycles. The van der Waals surface area contributed by atoms with Crippen LogP contribution in [-0.2, 0) is 13.5 Å². The van der Waals surface area contributed by atoms with Gasteiger partial charge in [-0.3, -0.25) is 4.68 Å². The lowest BCUT2D eigenvalue weighted by Gasteiger charge is -2.33. The van der Waals surface area contributed by atoms with Crippen molar-refractivity contribution in [1.29, 1.82) is 0 Å². The van der Waals surface area contributed by atoms with Gasteiger partial charge >= 0.3 is 6.03 Å². The fourth-order valence-electron chi connectivity index (χ4n) is 2.64. The number of carbonyl (C=O) groups is 1. The molecule has 1 aromatic rings. The van der Waals surface area contributed by atoms with Gasteiger partial charge in [0.15, 0.2) is 0 Å². The van der Waals surface area contributed by atoms with Crippen LogP contribution in [0.5, 0.6) is 0 Å². The van der Waals surface area contributed by atoms with Gasteiger partial charge in [-0.1, -0.05) is 20.8 Å². The molecule has 0 spiro atoms. The number of amides is 2. The molecule has 0 atom stereocenters. The highest BCUT2D eigenvalue weighted by molar-refractivity contribution is 5.74. The normalized spacial score (nSPS) is 12.3. The highest BCUT2D eigenvalue weighted by Gasteiger charge is 2.26. The summed E-state index contributed by atoms with van der Waals surface area (Å²) >= 11 is 0. The summed E-state index contributed by atoms with van der Waals surface area (Å²) in [6.07, 6.45) is 5.50. The number of nitrogens with zero attached hydrogens (tertiary/aromatic N) is 2. The van der Waals surface area contributed by atoms with Gasteiger partial charge in [0.2, 0.25) is 0 Å². The summed E-state index contributed by atoms with van der Waals surface area (Å²) in [6, 6.07) is -0.108. The Bertz CT molecular complexity index is 443. The lowest BCUT2D eigenvalue weighted by molar-refractivity contribution is 0.210. The van der Waals surface area contributed by atoms with Crippen molar-refractivity contribution in [3.8, 4) is 0 Å². The molecule has 0 saturated heterocycles. The quantitative estimate of drug-likeness (QED) is 0.870. The number of hydrogen-bond acceptors (Lipinski definition) is 2. The summed E-state index contributed by atoms with van der Waals surface area (Å²) in [5.41, 5.74) is 1.10. The standard InChI is InChI=1S/C15H28N4O/c1-14(2,3)11-15(4,5)18-13(20)16-8-7-12-9-17-19(6)10-12/h9-10H,7-8,11H2,1-6H3,(H2,16,18,20). The van der Waals surface area contributed by atoms with Gasteiger partial charge in [-0.05, 0) is 37.7 Å². The molecule has 0 bridgehead atoms. The van der Waals surface area contributed by atoms with Crippen molar-refractivity contribution in [1.82, 2.24) is 20.4 Å². The van der Waals surface area contributed by atoms with E-state index in [-0.39, 0.29) is 17.0 Å². The van der Waals surface area contributed by atoms with Crippen LogP contribution < -0.4 is 10.6 Å². The van der Waals surface area contributed by atoms with Crippen LogP contribution >= 0.6 is 0 Å². The fraction of sp³-hybridized carbons (Fsp3) is 0.733. The van der Waals surface area contributed by atoms with E-state index in [1.807, 2.05) is 19.4 Å². The van der Waals surface area contributed by atoms with Crippen LogP contribution in [0.2, 0.25) is 0 Å². The third kappa shape index (κ3) is 6.59. The summed E-state index contributed by atoms with van der Waals surface area (Å²) in [5, 5.41) is 10.0. The summed E-state index contributed by atoms with van der Waals surface area (Å²) in [5.74, 6) is 0. The van der Waals surface area contributed by atoms with Gasteiger partial charge in [0.05, 0.1) is 6.20 Å². The summed E-state index contributed by atoms with van der Waals surface area (Å²) in [4.78, 5) is 11.9. The lowest BCUT2D eigenvalue weighted by Crippen LogP contribution is -2.50. The molecule has 0 radical (unpaired) electrons. The van der Waals surface area contributed by atoms with E-state index in [9.17, 15) is 4.79 Å². The van der Waals surface area contributed by atoms with Crippen LogP contribution in [0.3, 0.4) is 0 Å². The maximum Gasteiger partial charge on any atom is 0.315 e. The minimum absolute atomic E-state index is 0.108. The molecule has 0 saturated carbocycles. The van der Waals surface area contributed by atoms with Gasteiger partial charge in [-0.25, -0.2) is 4.79 Å². The minimum Gasteiger partial charge on any atom is -0.338 e. The molecule has 114 valence electrons. The largest absolute Gasteiger partial charge is 0.338 e. The molecule has 0 unspecified atom stereocenters. The Hall–Kier alpha value is -1.52. The predicted molar refractivity (Wildman–Crippen MR) is 81.6 cm³/mol. The van der Waals surface area contributed by atoms with E-state index in [1.54, 1.807) is 4.68 Å². The van der Waals surface area contributed by atoms with Crippen molar-refractivity contribution in [2.45, 2.75) is 53.0 Å². The van der Waals surface area contributed by atoms with Crippen molar-refractivity contribution < 1.29 is 4.79 Å². The zero-order valence-corrected chi connectivity index (χ0v) is 13.6. The summed E-state index contributed by atoms with van der Waals surface area (Å²) in [7, 11) is 1.89. The zero-order chi connectivity index (χ0) is 15.4. The van der Waals surface area contributed by atoms with Crippen LogP contribution in [0, 0.1) is 5.41 Å². The number of hydrogen-bond donors (Lipinski definition) is 2. The molecule has 20 heavy (non-hydrogen) atoms. The molecule has 0 aliphatic rings. The van der Waals surface area contributed by atoms with Crippen LogP contribution in [0.15, 0.2) is 12.4 Å². The second kappa shape index (κ2) is 6.29. The van der Waals surface area contributed by atoms with Crippen molar-refractivity contribution in [3.05, 3.63) is 18.0 Å². The van der Waals surface area contributed by atoms with Gasteiger partial charge in [0.1, 0.15) is 0 Å². The Labute approximate surface area is 122 Å². The average Bonchev–Trinajstić information content (AvgIpc) is 2.59. The number of carbonyl (C=O) groups excluding carboxylic acids is 1. The first-order chi connectivity index (χ1) is 9.07. The fourth-order valence-corrected chi connectivity index (χ4v) is 2.64. The van der Waals surface area contributed by atoms with Crippen LogP contribution in [0.4, 0.5) is 4.79 Å². The van der Waals surface area contributed by atoms with Gasteiger partial charge in [0.25, 0.3) is 0 Å². The Morgan fingerprint density at radius 3 is 2.45 bits per heavy atom. The molecule has 0 aliphatic heterocycles. The first kappa shape index (κ1) is 16.5. The van der Waals surface area contributed by atoms with Crippen LogP contribution in [0.1, 0.15) is 46.6 Å². The molecule has 0 fully saturated rings. The highest BCUT2D eigenvalue weighted by Crippen LogP contribution is 2.26. The topological polar surface area (TPSA) is 59.0 Å². The first-order valence-electron chi connectivity index (χ1n) is 7.11. The van der Waals surface area contributed by atoms with Gasteiger partial charge in [-0.15, -0.1) is 0 Å². The monoisotopic (exact) mass is 280 g/mol. The SMILES string of the molecule is Cn1cc(CCNC(=O)NC(C)(C)CC(C)(C)C)cn1. The first-order valence-corrected chi connectivity index (χ1v) is 7.11. The van der Waals surface area contributed by atoms with Crippen molar-refractivity contribution in [2.75, 3.05) is 6.54 Å². The number of aromatic nitrogens is 2. The van der Waals surface area contributed by atoms with Crippen molar-refractivity contribution in [3.63, 3.8) is 0 Å². The lowest BCUT2D eigenvalue weighted by atomic mass is 9.82. The van der Waals surface area contributed by atoms with E-state index in [4.69, 9.17) is 0 Å². The van der Waals surface area contributed by atoms with Gasteiger partial charge < -0.3 is 10.6 Å². The Morgan fingerprint density at radius 2 is 1.95 bits per heavy atom. The molecule has 1 rings (SSSR count). The summed E-state index contributed by atoms with van der Waals surface area (Å²) < 4.78 is 1.77. The second-order valence-corrected chi connectivity index (χ2v) is 7.27. The second-order valence-electron chi connectivity index (χ2n) is 7.27. The number of nitrogens with one attached hydrogen (secondary N) is 2. The molecule has 1 heterocycles. The number of aryl methyl sites for hydroxylation is 1. The maximum atomic E-state index is 11.9. The van der Waals surface area contributed by atoms with Gasteiger partial charge in [-0.2, -0.15) is 5.10 Å². The van der Waals surface area contributed by atoms with E-state index >= 15 is 0 Å². The molecule has 0 aromatic carbocycles. The molecular formula is C15H28N4O. The van der Waals surface area contributed by atoms with Crippen LogP contribution in [0.25, 0.3) is 0 Å². The minimum atomic E-state index is -0.212. The number of urea groups is 1. The Kier molecular flexibility index (Phi) is 5.20. The Morgan fingerprint density at radius 1 is 1.30 bits per heavy atom. The summed E-state index contributed by atoms with van der Waals surface area (Å²) in [6.45, 7) is 11.3. The third-order valence-corrected chi connectivity index (χ3v) is 2.88. The van der Waals surface area contributed by atoms with E-state index in [2.05, 4.69) is 50.4 Å². The third-order valence-electron chi connectivity index (χ3n) is 2.88. The van der Waals surface area contributed by atoms with E-state index in [1.165, 1.54) is 0 Å². The molecule has 2 amide bonds. The highest BCUT2D eigenvalue weighted by atomic mass is 16.2. The molecule has 2 N–H and O–H groups in total. The Balaban J connectivity index is 2.32. The smallest absolute Gasteiger partial charge is 0.315 e.